The zero-order chi connectivity index (χ0) is 12.0. The number of halogens is 1. The largest absolute Gasteiger partial charge is 0.492 e. The third kappa shape index (κ3) is 4.66. The van der Waals surface area contributed by atoms with Crippen LogP contribution in [0.3, 0.4) is 0 Å². The minimum Gasteiger partial charge on any atom is -0.492 e. The third-order valence-corrected chi connectivity index (χ3v) is 2.81. The first-order valence-corrected chi connectivity index (χ1v) is 6.11. The van der Waals surface area contributed by atoms with E-state index in [0.29, 0.717) is 13.0 Å². The van der Waals surface area contributed by atoms with Crippen LogP contribution in [0, 0.1) is 12.3 Å². The molecule has 0 aliphatic rings. The molecule has 88 valence electrons. The average molecular weight is 285 g/mol. The number of nitrogens with one attached hydrogen (secondary N) is 1. The van der Waals surface area contributed by atoms with E-state index in [0.717, 1.165) is 23.1 Å². The average Bonchev–Trinajstić information content (AvgIpc) is 2.20. The molecule has 0 heterocycles. The summed E-state index contributed by atoms with van der Waals surface area (Å²) in [5, 5.41) is 7.08. The normalized spacial score (nSPS) is 10.1. The van der Waals surface area contributed by atoms with Gasteiger partial charge >= 0.3 is 0 Å². The molecule has 3 nitrogen and oxygen atoms in total. The highest BCUT2D eigenvalue weighted by atomic mass is 79.9. The summed E-state index contributed by atoms with van der Waals surface area (Å²) in [6.07, 6.45) is 2.47. The molecule has 0 fully saturated rings. The molecule has 0 atom stereocenters. The Kier molecular flexibility index (Phi) is 5.32. The van der Waals surface area contributed by atoms with Crippen LogP contribution in [0.15, 0.2) is 22.7 Å². The lowest BCUT2D eigenvalue weighted by Gasteiger charge is -2.08. The lowest BCUT2D eigenvalue weighted by molar-refractivity contribution is 0.306. The molecule has 0 radical (unpaired) electrons. The first kappa shape index (κ1) is 13.0. The van der Waals surface area contributed by atoms with Crippen LogP contribution >= 0.6 is 15.9 Å². The van der Waals surface area contributed by atoms with Gasteiger partial charge in [0.05, 0.1) is 16.9 Å². The number of hydrogen-bond acceptors (Lipinski definition) is 2. The minimum absolute atomic E-state index is 0.247. The fraction of sp³-hybridized carbons (Fsp3) is 0.417. The molecule has 1 aromatic carbocycles. The van der Waals surface area contributed by atoms with Crippen molar-refractivity contribution in [3.63, 3.8) is 0 Å². The molecular formula is C12H17BrN2O. The Hall–Kier alpha value is -1.03. The van der Waals surface area contributed by atoms with Gasteiger partial charge in [-0.15, -0.1) is 0 Å². The van der Waals surface area contributed by atoms with E-state index >= 15 is 0 Å². The summed E-state index contributed by atoms with van der Waals surface area (Å²) in [5.41, 5.74) is 6.47. The third-order valence-electron chi connectivity index (χ3n) is 2.19. The Bertz CT molecular complexity index is 366. The summed E-state index contributed by atoms with van der Waals surface area (Å²) in [6.45, 7) is 2.70. The maximum atomic E-state index is 7.08. The summed E-state index contributed by atoms with van der Waals surface area (Å²) in [6, 6.07) is 6.02. The summed E-state index contributed by atoms with van der Waals surface area (Å²) in [4.78, 5) is 0. The van der Waals surface area contributed by atoms with Gasteiger partial charge in [0.15, 0.2) is 0 Å². The highest BCUT2D eigenvalue weighted by Crippen LogP contribution is 2.25. The number of hydrogen-bond donors (Lipinski definition) is 2. The van der Waals surface area contributed by atoms with Crippen molar-refractivity contribution in [1.82, 2.24) is 0 Å². The molecule has 0 saturated carbocycles. The molecule has 0 unspecified atom stereocenters. The lowest BCUT2D eigenvalue weighted by Crippen LogP contribution is -2.09. The van der Waals surface area contributed by atoms with Gasteiger partial charge in [-0.25, -0.2) is 0 Å². The predicted molar refractivity (Wildman–Crippen MR) is 70.1 cm³/mol. The van der Waals surface area contributed by atoms with E-state index in [1.165, 1.54) is 5.56 Å². The van der Waals surface area contributed by atoms with Crippen molar-refractivity contribution < 1.29 is 4.74 Å². The number of rotatable bonds is 6. The molecule has 0 bridgehead atoms. The van der Waals surface area contributed by atoms with Gasteiger partial charge in [0.25, 0.3) is 0 Å². The number of aryl methyl sites for hydroxylation is 1. The van der Waals surface area contributed by atoms with E-state index in [2.05, 4.69) is 15.9 Å². The zero-order valence-electron chi connectivity index (χ0n) is 9.42. The van der Waals surface area contributed by atoms with Gasteiger partial charge in [-0.2, -0.15) is 0 Å². The van der Waals surface area contributed by atoms with Crippen molar-refractivity contribution in [1.29, 1.82) is 5.41 Å². The Morgan fingerprint density at radius 3 is 2.81 bits per heavy atom. The van der Waals surface area contributed by atoms with Crippen molar-refractivity contribution in [3.05, 3.63) is 28.2 Å². The number of benzene rings is 1. The summed E-state index contributed by atoms with van der Waals surface area (Å²) < 4.78 is 6.60. The van der Waals surface area contributed by atoms with Gasteiger partial charge in [-0.1, -0.05) is 6.07 Å². The predicted octanol–water partition coefficient (Wildman–Crippen LogP) is 3.24. The minimum atomic E-state index is 0.247. The van der Waals surface area contributed by atoms with Crippen LogP contribution in [0.1, 0.15) is 24.8 Å². The van der Waals surface area contributed by atoms with Crippen LogP contribution in [0.4, 0.5) is 0 Å². The van der Waals surface area contributed by atoms with E-state index in [1.807, 2.05) is 25.1 Å². The van der Waals surface area contributed by atoms with Gasteiger partial charge in [-0.3, -0.25) is 5.41 Å². The number of amidine groups is 1. The smallest absolute Gasteiger partial charge is 0.133 e. The molecule has 3 N–H and O–H groups in total. The molecule has 0 saturated heterocycles. The van der Waals surface area contributed by atoms with Crippen LogP contribution in [0.5, 0.6) is 5.75 Å². The van der Waals surface area contributed by atoms with Crippen LogP contribution in [-0.4, -0.2) is 12.4 Å². The molecular weight excluding hydrogens is 268 g/mol. The maximum absolute atomic E-state index is 7.08. The quantitative estimate of drug-likeness (QED) is 0.479. The molecule has 4 heteroatoms. The SMILES string of the molecule is Cc1ccc(OCCCCC(=N)N)c(Br)c1. The molecule has 16 heavy (non-hydrogen) atoms. The molecule has 0 aromatic heterocycles. The highest BCUT2D eigenvalue weighted by molar-refractivity contribution is 9.10. The topological polar surface area (TPSA) is 59.1 Å². The fourth-order valence-electron chi connectivity index (χ4n) is 1.32. The number of ether oxygens (including phenoxy) is 1. The molecule has 1 aromatic rings. The second-order valence-electron chi connectivity index (χ2n) is 3.76. The van der Waals surface area contributed by atoms with Gasteiger partial charge < -0.3 is 10.5 Å². The van der Waals surface area contributed by atoms with Gasteiger partial charge in [0, 0.05) is 6.42 Å². The van der Waals surface area contributed by atoms with Gasteiger partial charge in [0.1, 0.15) is 5.75 Å². The van der Waals surface area contributed by atoms with Crippen LogP contribution in [-0.2, 0) is 0 Å². The summed E-state index contributed by atoms with van der Waals surface area (Å²) in [7, 11) is 0. The van der Waals surface area contributed by atoms with Gasteiger partial charge in [0.2, 0.25) is 0 Å². The zero-order valence-corrected chi connectivity index (χ0v) is 11.0. The lowest BCUT2D eigenvalue weighted by atomic mass is 10.2. The van der Waals surface area contributed by atoms with E-state index in [1.54, 1.807) is 0 Å². The summed E-state index contributed by atoms with van der Waals surface area (Å²) in [5.74, 6) is 1.12. The van der Waals surface area contributed by atoms with Crippen LogP contribution in [0.25, 0.3) is 0 Å². The van der Waals surface area contributed by atoms with Crippen molar-refractivity contribution in [2.75, 3.05) is 6.61 Å². The van der Waals surface area contributed by atoms with E-state index in [9.17, 15) is 0 Å². The van der Waals surface area contributed by atoms with Crippen molar-refractivity contribution >= 4 is 21.8 Å². The second-order valence-corrected chi connectivity index (χ2v) is 4.62. The van der Waals surface area contributed by atoms with E-state index < -0.39 is 0 Å². The molecule has 1 rings (SSSR count). The fourth-order valence-corrected chi connectivity index (χ4v) is 1.93. The highest BCUT2D eigenvalue weighted by Gasteiger charge is 2.00. The molecule has 0 aliphatic carbocycles. The van der Waals surface area contributed by atoms with Crippen molar-refractivity contribution in [2.45, 2.75) is 26.2 Å². The first-order valence-electron chi connectivity index (χ1n) is 5.31. The van der Waals surface area contributed by atoms with E-state index in [4.69, 9.17) is 15.9 Å². The molecule has 0 spiro atoms. The van der Waals surface area contributed by atoms with Gasteiger partial charge in [-0.05, 0) is 53.4 Å². The monoisotopic (exact) mass is 284 g/mol. The van der Waals surface area contributed by atoms with Crippen molar-refractivity contribution in [2.24, 2.45) is 5.73 Å². The Morgan fingerprint density at radius 1 is 1.44 bits per heavy atom. The van der Waals surface area contributed by atoms with Crippen LogP contribution < -0.4 is 10.5 Å². The molecule has 0 amide bonds. The first-order chi connectivity index (χ1) is 7.59. The Morgan fingerprint density at radius 2 is 2.19 bits per heavy atom. The molecule has 0 aliphatic heterocycles. The Balaban J connectivity index is 2.29. The summed E-state index contributed by atoms with van der Waals surface area (Å²) >= 11 is 3.46. The number of unbranched alkanes of at least 4 members (excludes halogenated alkanes) is 1. The second kappa shape index (κ2) is 6.53. The van der Waals surface area contributed by atoms with Crippen molar-refractivity contribution in [3.8, 4) is 5.75 Å². The van der Waals surface area contributed by atoms with Crippen LogP contribution in [0.2, 0.25) is 0 Å². The Labute approximate surface area is 105 Å². The number of nitrogens with two attached hydrogens (primary N) is 1. The standard InChI is InChI=1S/C12H17BrN2O/c1-9-5-6-11(10(13)8-9)16-7-3-2-4-12(14)15/h5-6,8H,2-4,7H2,1H3,(H3,14,15). The van der Waals surface area contributed by atoms with E-state index in [-0.39, 0.29) is 5.84 Å². The maximum Gasteiger partial charge on any atom is 0.133 e.